The first-order chi connectivity index (χ1) is 9.40. The minimum absolute atomic E-state index is 0.240. The summed E-state index contributed by atoms with van der Waals surface area (Å²) in [7, 11) is 0. The van der Waals surface area contributed by atoms with E-state index in [1.54, 1.807) is 6.92 Å². The molecule has 1 aromatic rings. The molecule has 0 radical (unpaired) electrons. The molecule has 0 aliphatic heterocycles. The van der Waals surface area contributed by atoms with Crippen molar-refractivity contribution in [2.45, 2.75) is 32.9 Å². The summed E-state index contributed by atoms with van der Waals surface area (Å²) in [5.74, 6) is -0.765. The number of benzene rings is 1. The number of hydrogen-bond acceptors (Lipinski definition) is 3. The van der Waals surface area contributed by atoms with E-state index in [0.29, 0.717) is 18.1 Å². The largest absolute Gasteiger partial charge is 0.389 e. The van der Waals surface area contributed by atoms with Crippen LogP contribution in [-0.4, -0.2) is 31.0 Å². The van der Waals surface area contributed by atoms with Crippen LogP contribution in [0.25, 0.3) is 0 Å². The van der Waals surface area contributed by atoms with E-state index in [9.17, 15) is 13.9 Å². The van der Waals surface area contributed by atoms with Crippen molar-refractivity contribution in [2.75, 3.05) is 19.8 Å². The molecule has 5 heteroatoms. The molecule has 0 aliphatic rings. The van der Waals surface area contributed by atoms with E-state index >= 15 is 0 Å². The lowest BCUT2D eigenvalue weighted by atomic mass is 10.1. The Morgan fingerprint density at radius 2 is 1.90 bits per heavy atom. The first kappa shape index (κ1) is 17.0. The van der Waals surface area contributed by atoms with Crippen LogP contribution >= 0.6 is 0 Å². The minimum Gasteiger partial charge on any atom is -0.389 e. The average molecular weight is 287 g/mol. The van der Waals surface area contributed by atoms with Gasteiger partial charge >= 0.3 is 0 Å². The first-order valence-corrected chi connectivity index (χ1v) is 6.84. The molecule has 0 bridgehead atoms. The number of aliphatic hydroxyl groups is 1. The molecule has 2 N–H and O–H groups in total. The van der Waals surface area contributed by atoms with E-state index in [0.717, 1.165) is 6.07 Å². The monoisotopic (exact) mass is 287 g/mol. The summed E-state index contributed by atoms with van der Waals surface area (Å²) in [5.41, 5.74) is 0.377. The Labute approximate surface area is 119 Å². The third-order valence-electron chi connectivity index (χ3n) is 2.85. The maximum absolute atomic E-state index is 13.5. The van der Waals surface area contributed by atoms with Crippen LogP contribution in [0, 0.1) is 17.6 Å². The fourth-order valence-electron chi connectivity index (χ4n) is 1.77. The second kappa shape index (κ2) is 8.29. The zero-order chi connectivity index (χ0) is 15.1. The van der Waals surface area contributed by atoms with Gasteiger partial charge in [-0.1, -0.05) is 19.9 Å². The highest BCUT2D eigenvalue weighted by Gasteiger charge is 2.13. The Balaban J connectivity index is 2.37. The van der Waals surface area contributed by atoms with Gasteiger partial charge < -0.3 is 15.2 Å². The molecule has 20 heavy (non-hydrogen) atoms. The van der Waals surface area contributed by atoms with E-state index < -0.39 is 17.7 Å². The van der Waals surface area contributed by atoms with Crippen LogP contribution in [0.4, 0.5) is 8.78 Å². The summed E-state index contributed by atoms with van der Waals surface area (Å²) < 4.78 is 31.7. The molecule has 3 nitrogen and oxygen atoms in total. The van der Waals surface area contributed by atoms with Crippen molar-refractivity contribution < 1.29 is 18.6 Å². The van der Waals surface area contributed by atoms with Gasteiger partial charge in [0.25, 0.3) is 0 Å². The number of hydrogen-bond donors (Lipinski definition) is 2. The molecule has 0 heterocycles. The maximum atomic E-state index is 13.5. The Hall–Kier alpha value is -1.04. The van der Waals surface area contributed by atoms with Crippen LogP contribution in [0.5, 0.6) is 0 Å². The minimum atomic E-state index is -0.653. The predicted octanol–water partition coefficient (Wildman–Crippen LogP) is 2.65. The molecular formula is C15H23F2NO2. The quantitative estimate of drug-likeness (QED) is 0.772. The van der Waals surface area contributed by atoms with E-state index in [1.807, 2.05) is 13.8 Å². The van der Waals surface area contributed by atoms with Crippen molar-refractivity contribution in [3.8, 4) is 0 Å². The van der Waals surface area contributed by atoms with Crippen molar-refractivity contribution in [2.24, 2.45) is 5.92 Å². The summed E-state index contributed by atoms with van der Waals surface area (Å²) in [5, 5.41) is 12.7. The second-order valence-electron chi connectivity index (χ2n) is 5.38. The normalized spacial score (nSPS) is 14.6. The summed E-state index contributed by atoms with van der Waals surface area (Å²) in [6.07, 6.45) is -0.653. The fourth-order valence-corrected chi connectivity index (χ4v) is 1.77. The van der Waals surface area contributed by atoms with Gasteiger partial charge in [-0.3, -0.25) is 0 Å². The zero-order valence-corrected chi connectivity index (χ0v) is 12.2. The molecule has 2 unspecified atom stereocenters. The average Bonchev–Trinajstić information content (AvgIpc) is 2.35. The molecular weight excluding hydrogens is 264 g/mol. The highest BCUT2D eigenvalue weighted by molar-refractivity contribution is 5.21. The standard InChI is InChI=1S/C15H23F2NO2/c1-10(2)8-20-9-13(19)7-18-11(3)14-5-4-12(16)6-15(14)17/h4-6,10-11,13,18-19H,7-9H2,1-3H3. The molecule has 2 atom stereocenters. The molecule has 0 aliphatic carbocycles. The van der Waals surface area contributed by atoms with Crippen LogP contribution < -0.4 is 5.32 Å². The molecule has 0 saturated carbocycles. The molecule has 0 fully saturated rings. The van der Waals surface area contributed by atoms with Gasteiger partial charge in [0.2, 0.25) is 0 Å². The van der Waals surface area contributed by atoms with Gasteiger partial charge in [0.15, 0.2) is 0 Å². The van der Waals surface area contributed by atoms with Crippen LogP contribution in [0.1, 0.15) is 32.4 Å². The number of ether oxygens (including phenoxy) is 1. The smallest absolute Gasteiger partial charge is 0.130 e. The van der Waals surface area contributed by atoms with E-state index in [1.165, 1.54) is 12.1 Å². The van der Waals surface area contributed by atoms with Crippen LogP contribution in [0.2, 0.25) is 0 Å². The fraction of sp³-hybridized carbons (Fsp3) is 0.600. The zero-order valence-electron chi connectivity index (χ0n) is 12.2. The van der Waals surface area contributed by atoms with Gasteiger partial charge in [0.1, 0.15) is 11.6 Å². The third kappa shape index (κ3) is 5.94. The van der Waals surface area contributed by atoms with Crippen LogP contribution in [0.3, 0.4) is 0 Å². The van der Waals surface area contributed by atoms with Crippen molar-refractivity contribution >= 4 is 0 Å². The van der Waals surface area contributed by atoms with Crippen molar-refractivity contribution in [1.29, 1.82) is 0 Å². The highest BCUT2D eigenvalue weighted by Crippen LogP contribution is 2.17. The summed E-state index contributed by atoms with van der Waals surface area (Å²) in [6, 6.07) is 3.17. The molecule has 0 amide bonds. The van der Waals surface area contributed by atoms with Crippen LogP contribution in [-0.2, 0) is 4.74 Å². The topological polar surface area (TPSA) is 41.5 Å². The molecule has 0 spiro atoms. The van der Waals surface area contributed by atoms with E-state index in [2.05, 4.69) is 5.32 Å². The Kier molecular flexibility index (Phi) is 7.05. The van der Waals surface area contributed by atoms with Gasteiger partial charge in [-0.2, -0.15) is 0 Å². The SMILES string of the molecule is CC(C)COCC(O)CNC(C)c1ccc(F)cc1F. The molecule has 0 aromatic heterocycles. The number of aliphatic hydroxyl groups excluding tert-OH is 1. The first-order valence-electron chi connectivity index (χ1n) is 6.84. The maximum Gasteiger partial charge on any atom is 0.130 e. The van der Waals surface area contributed by atoms with Crippen molar-refractivity contribution in [3.05, 3.63) is 35.4 Å². The number of rotatable bonds is 8. The third-order valence-corrected chi connectivity index (χ3v) is 2.85. The van der Waals surface area contributed by atoms with E-state index in [4.69, 9.17) is 4.74 Å². The predicted molar refractivity (Wildman–Crippen MR) is 74.4 cm³/mol. The van der Waals surface area contributed by atoms with Gasteiger partial charge in [0.05, 0.1) is 12.7 Å². The lowest BCUT2D eigenvalue weighted by Gasteiger charge is -2.18. The van der Waals surface area contributed by atoms with Crippen LogP contribution in [0.15, 0.2) is 18.2 Å². The summed E-state index contributed by atoms with van der Waals surface area (Å²) >= 11 is 0. The highest BCUT2D eigenvalue weighted by atomic mass is 19.1. The number of halogens is 2. The Morgan fingerprint density at radius 1 is 1.20 bits per heavy atom. The summed E-state index contributed by atoms with van der Waals surface area (Å²) in [6.45, 7) is 6.95. The second-order valence-corrected chi connectivity index (χ2v) is 5.38. The molecule has 1 rings (SSSR count). The van der Waals surface area contributed by atoms with Gasteiger partial charge in [-0.15, -0.1) is 0 Å². The van der Waals surface area contributed by atoms with Crippen molar-refractivity contribution in [1.82, 2.24) is 5.32 Å². The molecule has 0 saturated heterocycles. The Bertz CT molecular complexity index is 413. The van der Waals surface area contributed by atoms with Gasteiger partial charge in [-0.05, 0) is 18.9 Å². The van der Waals surface area contributed by atoms with Gasteiger partial charge in [0, 0.05) is 30.8 Å². The molecule has 114 valence electrons. The van der Waals surface area contributed by atoms with E-state index in [-0.39, 0.29) is 19.2 Å². The lowest BCUT2D eigenvalue weighted by molar-refractivity contribution is 0.0251. The van der Waals surface area contributed by atoms with Gasteiger partial charge in [-0.25, -0.2) is 8.78 Å². The summed E-state index contributed by atoms with van der Waals surface area (Å²) in [4.78, 5) is 0. The lowest BCUT2D eigenvalue weighted by Crippen LogP contribution is -2.32. The molecule has 1 aromatic carbocycles. The number of nitrogens with one attached hydrogen (secondary N) is 1. The van der Waals surface area contributed by atoms with Crippen molar-refractivity contribution in [3.63, 3.8) is 0 Å². The Morgan fingerprint density at radius 3 is 2.50 bits per heavy atom.